The van der Waals surface area contributed by atoms with E-state index in [9.17, 15) is 32.4 Å². The van der Waals surface area contributed by atoms with E-state index in [0.29, 0.717) is 54.7 Å². The summed E-state index contributed by atoms with van der Waals surface area (Å²) >= 11 is 0. The number of pyridine rings is 1. The smallest absolute Gasteiger partial charge is 0.307 e. The Bertz CT molecular complexity index is 1970. The molecule has 13 nitrogen and oxygen atoms in total. The lowest BCUT2D eigenvalue weighted by Gasteiger charge is -2.29. The summed E-state index contributed by atoms with van der Waals surface area (Å²) in [5.41, 5.74) is -1.31. The van der Waals surface area contributed by atoms with Crippen LogP contribution in [0.1, 0.15) is 98.3 Å². The van der Waals surface area contributed by atoms with Gasteiger partial charge in [-0.05, 0) is 100 Å². The molecule has 0 spiro atoms. The predicted octanol–water partition coefficient (Wildman–Crippen LogP) is 4.99. The van der Waals surface area contributed by atoms with Crippen molar-refractivity contribution in [3.05, 3.63) is 42.1 Å². The summed E-state index contributed by atoms with van der Waals surface area (Å²) < 4.78 is 45.1. The summed E-state index contributed by atoms with van der Waals surface area (Å²) in [7, 11) is -2.27. The van der Waals surface area contributed by atoms with Gasteiger partial charge < -0.3 is 19.1 Å². The zero-order valence-electron chi connectivity index (χ0n) is 31.7. The van der Waals surface area contributed by atoms with Crippen molar-refractivity contribution >= 4 is 50.1 Å². The van der Waals surface area contributed by atoms with Gasteiger partial charge in [0.25, 0.3) is 0 Å². The lowest BCUT2D eigenvalue weighted by Crippen LogP contribution is -2.46. The minimum absolute atomic E-state index is 0.0140. The molecule has 0 unspecified atom stereocenters. The van der Waals surface area contributed by atoms with Crippen LogP contribution in [-0.2, 0) is 38.7 Å². The van der Waals surface area contributed by atoms with Crippen LogP contribution in [0.15, 0.2) is 42.1 Å². The second-order valence-electron chi connectivity index (χ2n) is 16.2. The number of methoxy groups -OCH3 is 1. The van der Waals surface area contributed by atoms with Crippen molar-refractivity contribution in [3.8, 4) is 11.6 Å². The van der Waals surface area contributed by atoms with Gasteiger partial charge in [0.15, 0.2) is 11.6 Å². The number of ether oxygens (including phenoxy) is 3. The maximum atomic E-state index is 14.6. The van der Waals surface area contributed by atoms with Crippen LogP contribution < -0.4 is 14.2 Å². The number of fused-ring (bicyclic) bond motifs is 1. The summed E-state index contributed by atoms with van der Waals surface area (Å²) in [6.07, 6.45) is 5.84. The molecule has 292 valence electrons. The van der Waals surface area contributed by atoms with Crippen LogP contribution in [0.3, 0.4) is 0 Å². The zero-order chi connectivity index (χ0) is 39.0. The number of nitrogens with zero attached hydrogens (tertiary/aromatic N) is 2. The quantitative estimate of drug-likeness (QED) is 0.215. The minimum atomic E-state index is -3.84. The summed E-state index contributed by atoms with van der Waals surface area (Å²) in [5.74, 6) is -2.45. The van der Waals surface area contributed by atoms with Crippen LogP contribution in [0.4, 0.5) is 0 Å². The molecule has 2 heterocycles. The number of amides is 2. The lowest BCUT2D eigenvalue weighted by molar-refractivity contribution is -0.159. The predicted molar refractivity (Wildman–Crippen MR) is 199 cm³/mol. The maximum Gasteiger partial charge on any atom is 0.307 e. The molecule has 0 bridgehead atoms. The Balaban J connectivity index is 1.28. The first-order valence-corrected chi connectivity index (χ1v) is 20.5. The van der Waals surface area contributed by atoms with Crippen molar-refractivity contribution in [2.45, 2.75) is 121 Å². The highest BCUT2D eigenvalue weighted by Crippen LogP contribution is 2.58. The third-order valence-corrected chi connectivity index (χ3v) is 12.9. The first kappa shape index (κ1) is 39.4. The topological polar surface area (TPSA) is 175 Å². The standard InChI is InChI=1S/C40H51N3O10S/c1-6-27-21-40(27,38(48)42-54(49,50)30-12-13-30)22-34(45)32-20-29(52-36-31-14-11-28(51-5)18-25(31)16-17-41-36)23-43(32)37(47)26(19-35(46)53-39(2,3)4)10-15-33(44)24-8-7-9-24/h8,11,14,16-18,26-27,29-30,32H,6-7,9-10,12-13,15,19-23H2,1-5H3,(H,42,48)/t26-,27-,29-,32+,40-/m1/s1. The van der Waals surface area contributed by atoms with Crippen LogP contribution in [0.5, 0.6) is 11.6 Å². The number of Topliss-reactive ketones (excluding diaryl/α,β-unsaturated/α-hetero) is 2. The third kappa shape index (κ3) is 8.79. The average Bonchev–Trinajstić information content (AvgIpc) is 4.01. The number of ketones is 2. The minimum Gasteiger partial charge on any atom is -0.497 e. The van der Waals surface area contributed by atoms with Gasteiger partial charge >= 0.3 is 5.97 Å². The zero-order valence-corrected chi connectivity index (χ0v) is 32.5. The molecule has 14 heteroatoms. The summed E-state index contributed by atoms with van der Waals surface area (Å²) in [6.45, 7) is 7.06. The van der Waals surface area contributed by atoms with Gasteiger partial charge in [0.1, 0.15) is 17.5 Å². The summed E-state index contributed by atoms with van der Waals surface area (Å²) in [6, 6.07) is 6.22. The Morgan fingerprint density at radius 1 is 1.11 bits per heavy atom. The number of carbonyl (C=O) groups is 5. The van der Waals surface area contributed by atoms with Crippen LogP contribution in [0, 0.1) is 17.3 Å². The molecule has 4 aliphatic rings. The Morgan fingerprint density at radius 2 is 1.85 bits per heavy atom. The van der Waals surface area contributed by atoms with Gasteiger partial charge in [0, 0.05) is 36.8 Å². The number of hydrogen-bond acceptors (Lipinski definition) is 11. The molecule has 1 aromatic carbocycles. The normalized spacial score (nSPS) is 24.2. The molecule has 54 heavy (non-hydrogen) atoms. The molecule has 1 aliphatic heterocycles. The summed E-state index contributed by atoms with van der Waals surface area (Å²) in [4.78, 5) is 74.6. The van der Waals surface area contributed by atoms with Gasteiger partial charge in [0.05, 0.1) is 36.8 Å². The number of hydrogen-bond donors (Lipinski definition) is 1. The van der Waals surface area contributed by atoms with Gasteiger partial charge in [-0.3, -0.25) is 28.7 Å². The highest BCUT2D eigenvalue weighted by Gasteiger charge is 2.61. The van der Waals surface area contributed by atoms with Gasteiger partial charge in [-0.1, -0.05) is 19.4 Å². The van der Waals surface area contributed by atoms with E-state index in [0.717, 1.165) is 11.8 Å². The van der Waals surface area contributed by atoms with E-state index in [-0.39, 0.29) is 50.4 Å². The van der Waals surface area contributed by atoms with Crippen molar-refractivity contribution < 1.29 is 46.6 Å². The molecule has 1 saturated heterocycles. The number of aromatic nitrogens is 1. The molecule has 3 aliphatic carbocycles. The lowest BCUT2D eigenvalue weighted by atomic mass is 9.88. The van der Waals surface area contributed by atoms with Crippen molar-refractivity contribution in [1.29, 1.82) is 0 Å². The van der Waals surface area contributed by atoms with E-state index < -0.39 is 67.9 Å². The molecule has 5 atom stereocenters. The molecule has 0 radical (unpaired) electrons. The fourth-order valence-corrected chi connectivity index (χ4v) is 9.08. The van der Waals surface area contributed by atoms with Gasteiger partial charge in [-0.15, -0.1) is 0 Å². The largest absolute Gasteiger partial charge is 0.497 e. The number of sulfonamides is 1. The monoisotopic (exact) mass is 765 g/mol. The van der Waals surface area contributed by atoms with Gasteiger partial charge in [-0.2, -0.15) is 0 Å². The van der Waals surface area contributed by atoms with Crippen molar-refractivity contribution in [3.63, 3.8) is 0 Å². The molecular formula is C40H51N3O10S. The van der Waals surface area contributed by atoms with Crippen LogP contribution in [0.2, 0.25) is 0 Å². The molecular weight excluding hydrogens is 715 g/mol. The van der Waals surface area contributed by atoms with E-state index in [1.54, 1.807) is 40.1 Å². The van der Waals surface area contributed by atoms with Crippen LogP contribution in [0.25, 0.3) is 10.8 Å². The van der Waals surface area contributed by atoms with E-state index in [1.165, 1.54) is 4.90 Å². The van der Waals surface area contributed by atoms with Crippen molar-refractivity contribution in [1.82, 2.24) is 14.6 Å². The maximum absolute atomic E-state index is 14.6. The number of likely N-dealkylation sites (tertiary alicyclic amines) is 1. The van der Waals surface area contributed by atoms with E-state index >= 15 is 0 Å². The Labute approximate surface area is 316 Å². The number of rotatable bonds is 17. The van der Waals surface area contributed by atoms with Crippen LogP contribution >= 0.6 is 0 Å². The van der Waals surface area contributed by atoms with Gasteiger partial charge in [0.2, 0.25) is 27.7 Å². The number of benzene rings is 1. The molecule has 2 aromatic rings. The summed E-state index contributed by atoms with van der Waals surface area (Å²) in [5, 5.41) is 0.913. The average molecular weight is 766 g/mol. The molecule has 3 fully saturated rings. The number of nitrogens with one attached hydrogen (secondary N) is 1. The van der Waals surface area contributed by atoms with Crippen LogP contribution in [-0.4, -0.2) is 84.3 Å². The first-order chi connectivity index (χ1) is 25.5. The Morgan fingerprint density at radius 3 is 2.46 bits per heavy atom. The first-order valence-electron chi connectivity index (χ1n) is 19.0. The highest BCUT2D eigenvalue weighted by atomic mass is 32.2. The second-order valence-corrected chi connectivity index (χ2v) is 18.1. The molecule has 1 aromatic heterocycles. The van der Waals surface area contributed by atoms with Crippen molar-refractivity contribution in [2.75, 3.05) is 13.7 Å². The SMILES string of the molecule is CC[C@@H]1C[C@]1(CC(=O)[C@@H]1C[C@@H](Oc2nccc3cc(OC)ccc23)CN1C(=O)[C@H](CCC(=O)C1=CCC1)CC(=O)OC(C)(C)C)C(=O)NS(=O)(=O)C1CC1. The molecule has 2 saturated carbocycles. The number of allylic oxidation sites excluding steroid dienone is 2. The van der Waals surface area contributed by atoms with E-state index in [2.05, 4.69) is 9.71 Å². The van der Waals surface area contributed by atoms with Gasteiger partial charge in [-0.25, -0.2) is 13.4 Å². The highest BCUT2D eigenvalue weighted by molar-refractivity contribution is 7.90. The Kier molecular flexibility index (Phi) is 11.2. The fraction of sp³-hybridized carbons (Fsp3) is 0.600. The number of esters is 1. The number of carbonyl (C=O) groups excluding carboxylic acids is 5. The Hall–Kier alpha value is -4.33. The van der Waals surface area contributed by atoms with E-state index in [4.69, 9.17) is 14.2 Å². The molecule has 6 rings (SSSR count). The fourth-order valence-electron chi connectivity index (χ4n) is 7.69. The second kappa shape index (κ2) is 15.4. The van der Waals surface area contributed by atoms with Crippen molar-refractivity contribution in [2.24, 2.45) is 17.3 Å². The molecule has 2 amide bonds. The van der Waals surface area contributed by atoms with E-state index in [1.807, 2.05) is 31.2 Å². The third-order valence-electron chi connectivity index (χ3n) is 11.1. The molecule has 1 N–H and O–H groups in total.